The second-order valence-corrected chi connectivity index (χ2v) is 7.28. The van der Waals surface area contributed by atoms with Gasteiger partial charge in [-0.2, -0.15) is 5.48 Å². The molecule has 0 aromatic heterocycles. The van der Waals surface area contributed by atoms with Crippen molar-refractivity contribution in [3.8, 4) is 11.1 Å². The van der Waals surface area contributed by atoms with Crippen molar-refractivity contribution in [1.29, 1.82) is 0 Å². The second-order valence-electron chi connectivity index (χ2n) is 7.28. The average molecular weight is 367 g/mol. The van der Waals surface area contributed by atoms with E-state index in [9.17, 15) is 4.79 Å². The third-order valence-corrected chi connectivity index (χ3v) is 5.38. The molecule has 0 saturated heterocycles. The minimum Gasteiger partial charge on any atom is -0.465 e. The van der Waals surface area contributed by atoms with Crippen LogP contribution >= 0.6 is 0 Å². The number of hydrogen-bond acceptors (Lipinski definition) is 4. The molecule has 4 heteroatoms. The summed E-state index contributed by atoms with van der Waals surface area (Å²) in [5, 5.41) is 0. The number of hydroxylamine groups is 1. The molecule has 3 rings (SSSR count). The van der Waals surface area contributed by atoms with Gasteiger partial charge in [-0.25, -0.2) is 4.79 Å². The number of rotatable bonds is 7. The fraction of sp³-hybridized carbons (Fsp3) is 0.435. The highest BCUT2D eigenvalue weighted by molar-refractivity contribution is 5.98. The highest BCUT2D eigenvalue weighted by Crippen LogP contribution is 2.31. The first-order valence-electron chi connectivity index (χ1n) is 9.81. The summed E-state index contributed by atoms with van der Waals surface area (Å²) in [6.45, 7) is 3.35. The zero-order valence-electron chi connectivity index (χ0n) is 16.3. The summed E-state index contributed by atoms with van der Waals surface area (Å²) in [6, 6.07) is 13.8. The van der Waals surface area contributed by atoms with Crippen molar-refractivity contribution < 1.29 is 14.4 Å². The van der Waals surface area contributed by atoms with E-state index in [4.69, 9.17) is 9.57 Å². The van der Waals surface area contributed by atoms with Gasteiger partial charge in [-0.3, -0.25) is 0 Å². The zero-order chi connectivity index (χ0) is 19.1. The largest absolute Gasteiger partial charge is 0.465 e. The maximum atomic E-state index is 12.3. The first kappa shape index (κ1) is 19.6. The van der Waals surface area contributed by atoms with Crippen LogP contribution in [-0.4, -0.2) is 19.7 Å². The normalized spacial score (nSPS) is 14.9. The van der Waals surface area contributed by atoms with Crippen molar-refractivity contribution in [2.24, 2.45) is 5.92 Å². The highest BCUT2D eigenvalue weighted by Gasteiger charge is 2.18. The standard InChI is InChI=1S/C23H29NO3/c1-17-9-6-7-13-20(17)22-19(12-8-14-21(22)23(25)26-2)15-24-27-16-18-10-4-3-5-11-18/h6-9,12-14,18,24H,3-5,10-11,15-16H2,1-2H3. The Kier molecular flexibility index (Phi) is 7.02. The molecule has 1 aliphatic carbocycles. The Labute approximate surface area is 161 Å². The molecular formula is C23H29NO3. The number of ether oxygens (including phenoxy) is 1. The van der Waals surface area contributed by atoms with Crippen molar-refractivity contribution >= 4 is 5.97 Å². The summed E-state index contributed by atoms with van der Waals surface area (Å²) in [4.78, 5) is 18.1. The van der Waals surface area contributed by atoms with E-state index in [2.05, 4.69) is 18.5 Å². The topological polar surface area (TPSA) is 47.6 Å². The van der Waals surface area contributed by atoms with Crippen molar-refractivity contribution in [2.45, 2.75) is 45.6 Å². The number of carbonyl (C=O) groups is 1. The predicted octanol–water partition coefficient (Wildman–Crippen LogP) is 5.05. The number of benzene rings is 2. The Bertz CT molecular complexity index is 766. The Morgan fingerprint density at radius 3 is 2.59 bits per heavy atom. The lowest BCUT2D eigenvalue weighted by Gasteiger charge is -2.21. The SMILES string of the molecule is COC(=O)c1cccc(CNOCC2CCCCC2)c1-c1ccccc1C. The number of methoxy groups -OCH3 is 1. The maximum Gasteiger partial charge on any atom is 0.338 e. The third kappa shape index (κ3) is 4.96. The smallest absolute Gasteiger partial charge is 0.338 e. The van der Waals surface area contributed by atoms with Gasteiger partial charge in [0.25, 0.3) is 0 Å². The number of nitrogens with one attached hydrogen (secondary N) is 1. The van der Waals surface area contributed by atoms with Crippen LogP contribution in [0.5, 0.6) is 0 Å². The molecule has 1 N–H and O–H groups in total. The molecule has 0 bridgehead atoms. The molecule has 0 amide bonds. The van der Waals surface area contributed by atoms with Gasteiger partial charge < -0.3 is 9.57 Å². The van der Waals surface area contributed by atoms with Crippen molar-refractivity contribution in [3.05, 3.63) is 59.2 Å². The lowest BCUT2D eigenvalue weighted by molar-refractivity contribution is 0.00536. The molecule has 0 heterocycles. The second kappa shape index (κ2) is 9.67. The summed E-state index contributed by atoms with van der Waals surface area (Å²) >= 11 is 0. The van der Waals surface area contributed by atoms with Crippen LogP contribution < -0.4 is 5.48 Å². The Hall–Kier alpha value is -2.17. The van der Waals surface area contributed by atoms with Crippen LogP contribution in [0.2, 0.25) is 0 Å². The van der Waals surface area contributed by atoms with Crippen LogP contribution in [0, 0.1) is 12.8 Å². The summed E-state index contributed by atoms with van der Waals surface area (Å²) in [5.41, 5.74) is 7.80. The van der Waals surface area contributed by atoms with E-state index < -0.39 is 0 Å². The molecule has 27 heavy (non-hydrogen) atoms. The summed E-state index contributed by atoms with van der Waals surface area (Å²) in [7, 11) is 1.42. The number of carbonyl (C=O) groups excluding carboxylic acids is 1. The number of aryl methyl sites for hydroxylation is 1. The van der Waals surface area contributed by atoms with E-state index in [1.54, 1.807) is 0 Å². The number of hydrogen-bond donors (Lipinski definition) is 1. The molecule has 0 unspecified atom stereocenters. The molecule has 1 aliphatic rings. The Morgan fingerprint density at radius 2 is 1.85 bits per heavy atom. The maximum absolute atomic E-state index is 12.3. The van der Waals surface area contributed by atoms with Crippen LogP contribution in [0.3, 0.4) is 0 Å². The predicted molar refractivity (Wildman–Crippen MR) is 107 cm³/mol. The molecule has 0 spiro atoms. The monoisotopic (exact) mass is 367 g/mol. The Morgan fingerprint density at radius 1 is 1.07 bits per heavy atom. The molecule has 0 atom stereocenters. The van der Waals surface area contributed by atoms with Crippen molar-refractivity contribution in [2.75, 3.05) is 13.7 Å². The molecule has 2 aromatic rings. The molecule has 0 aliphatic heterocycles. The molecule has 1 fully saturated rings. The molecule has 0 radical (unpaired) electrons. The van der Waals surface area contributed by atoms with Gasteiger partial charge in [0.15, 0.2) is 0 Å². The fourth-order valence-corrected chi connectivity index (χ4v) is 3.86. The van der Waals surface area contributed by atoms with E-state index in [-0.39, 0.29) is 5.97 Å². The number of esters is 1. The van der Waals surface area contributed by atoms with Crippen LogP contribution in [-0.2, 0) is 16.1 Å². The minimum atomic E-state index is -0.321. The fourth-order valence-electron chi connectivity index (χ4n) is 3.86. The summed E-state index contributed by atoms with van der Waals surface area (Å²) in [5.74, 6) is 0.335. The van der Waals surface area contributed by atoms with Crippen molar-refractivity contribution in [3.63, 3.8) is 0 Å². The lowest BCUT2D eigenvalue weighted by Crippen LogP contribution is -2.22. The quantitative estimate of drug-likeness (QED) is 0.423. The Balaban J connectivity index is 1.77. The van der Waals surface area contributed by atoms with Gasteiger partial charge in [0.05, 0.1) is 19.3 Å². The van der Waals surface area contributed by atoms with E-state index in [0.29, 0.717) is 18.0 Å². The van der Waals surface area contributed by atoms with Crippen LogP contribution in [0.1, 0.15) is 53.6 Å². The van der Waals surface area contributed by atoms with Gasteiger partial charge >= 0.3 is 5.97 Å². The van der Waals surface area contributed by atoms with Gasteiger partial charge in [0.2, 0.25) is 0 Å². The van der Waals surface area contributed by atoms with Crippen molar-refractivity contribution in [1.82, 2.24) is 5.48 Å². The van der Waals surface area contributed by atoms with Gasteiger partial charge in [0.1, 0.15) is 0 Å². The first-order valence-corrected chi connectivity index (χ1v) is 9.81. The van der Waals surface area contributed by atoms with Gasteiger partial charge in [0, 0.05) is 12.1 Å². The third-order valence-electron chi connectivity index (χ3n) is 5.38. The van der Waals surface area contributed by atoms with Gasteiger partial charge in [-0.1, -0.05) is 55.7 Å². The van der Waals surface area contributed by atoms with Crippen LogP contribution in [0.25, 0.3) is 11.1 Å². The van der Waals surface area contributed by atoms with E-state index in [1.165, 1.54) is 39.2 Å². The lowest BCUT2D eigenvalue weighted by atomic mass is 9.90. The summed E-state index contributed by atoms with van der Waals surface area (Å²) < 4.78 is 5.01. The average Bonchev–Trinajstić information content (AvgIpc) is 2.72. The van der Waals surface area contributed by atoms with Gasteiger partial charge in [-0.15, -0.1) is 0 Å². The summed E-state index contributed by atoms with van der Waals surface area (Å²) in [6.07, 6.45) is 6.49. The van der Waals surface area contributed by atoms with E-state index in [0.717, 1.165) is 28.9 Å². The molecule has 4 nitrogen and oxygen atoms in total. The molecular weight excluding hydrogens is 338 g/mol. The first-order chi connectivity index (χ1) is 13.2. The van der Waals surface area contributed by atoms with Crippen LogP contribution in [0.4, 0.5) is 0 Å². The van der Waals surface area contributed by atoms with E-state index in [1.807, 2.05) is 36.4 Å². The molecule has 1 saturated carbocycles. The highest BCUT2D eigenvalue weighted by atomic mass is 16.6. The zero-order valence-corrected chi connectivity index (χ0v) is 16.3. The van der Waals surface area contributed by atoms with Gasteiger partial charge in [-0.05, 0) is 48.4 Å². The molecule has 144 valence electrons. The minimum absolute atomic E-state index is 0.321. The van der Waals surface area contributed by atoms with E-state index >= 15 is 0 Å². The molecule has 2 aromatic carbocycles. The van der Waals surface area contributed by atoms with Crippen LogP contribution in [0.15, 0.2) is 42.5 Å².